The molecule has 146 valence electrons. The average Bonchev–Trinajstić information content (AvgIpc) is 3.23. The van der Waals surface area contributed by atoms with Gasteiger partial charge in [0, 0.05) is 32.4 Å². The van der Waals surface area contributed by atoms with E-state index in [1.54, 1.807) is 7.05 Å². The molecule has 1 aromatic heterocycles. The molecule has 26 heavy (non-hydrogen) atoms. The van der Waals surface area contributed by atoms with Crippen LogP contribution in [-0.4, -0.2) is 54.9 Å². The van der Waals surface area contributed by atoms with Crippen LogP contribution >= 0.6 is 0 Å². The minimum Gasteiger partial charge on any atom is -0.451 e. The largest absolute Gasteiger partial charge is 0.451 e. The van der Waals surface area contributed by atoms with Gasteiger partial charge in [-0.05, 0) is 32.3 Å². The molecular formula is C17H27N3O5S. The number of carbonyl (C=O) groups excluding carboxylic acids is 2. The summed E-state index contributed by atoms with van der Waals surface area (Å²) in [7, 11) is -2.03. The fourth-order valence-electron chi connectivity index (χ4n) is 2.98. The highest BCUT2D eigenvalue weighted by Crippen LogP contribution is 2.22. The van der Waals surface area contributed by atoms with Crippen molar-refractivity contribution in [2.45, 2.75) is 50.5 Å². The molecule has 0 radical (unpaired) electrons. The molecule has 0 unspecified atom stereocenters. The second kappa shape index (κ2) is 8.68. The summed E-state index contributed by atoms with van der Waals surface area (Å²) in [6.07, 6.45) is 4.86. The van der Waals surface area contributed by atoms with Crippen molar-refractivity contribution in [2.75, 3.05) is 19.7 Å². The molecule has 2 rings (SSSR count). The SMILES string of the molecule is CCC[C@@H](C)NC(=O)COC(=O)c1cc(S(=O)(=O)N2CCCC2)cn1C. The van der Waals surface area contributed by atoms with E-state index >= 15 is 0 Å². The van der Waals surface area contributed by atoms with Crippen molar-refractivity contribution >= 4 is 21.9 Å². The van der Waals surface area contributed by atoms with Crippen molar-refractivity contribution in [3.05, 3.63) is 18.0 Å². The quantitative estimate of drug-likeness (QED) is 0.680. The highest BCUT2D eigenvalue weighted by atomic mass is 32.2. The summed E-state index contributed by atoms with van der Waals surface area (Å²) in [5.41, 5.74) is 0.0946. The predicted molar refractivity (Wildman–Crippen MR) is 96.2 cm³/mol. The van der Waals surface area contributed by atoms with E-state index in [0.717, 1.165) is 25.7 Å². The third-order valence-corrected chi connectivity index (χ3v) is 6.22. The Kier molecular flexibility index (Phi) is 6.82. The smallest absolute Gasteiger partial charge is 0.355 e. The molecule has 1 N–H and O–H groups in total. The highest BCUT2D eigenvalue weighted by Gasteiger charge is 2.29. The lowest BCUT2D eigenvalue weighted by atomic mass is 10.2. The number of esters is 1. The number of nitrogens with zero attached hydrogens (tertiary/aromatic N) is 2. The molecule has 0 saturated carbocycles. The lowest BCUT2D eigenvalue weighted by Crippen LogP contribution is -2.35. The van der Waals surface area contributed by atoms with Gasteiger partial charge in [-0.25, -0.2) is 13.2 Å². The van der Waals surface area contributed by atoms with Crippen molar-refractivity contribution in [3.8, 4) is 0 Å². The van der Waals surface area contributed by atoms with Gasteiger partial charge < -0.3 is 14.6 Å². The number of aromatic nitrogens is 1. The Balaban J connectivity index is 1.99. The van der Waals surface area contributed by atoms with Crippen LogP contribution in [0, 0.1) is 0 Å². The Hall–Kier alpha value is -1.87. The van der Waals surface area contributed by atoms with Crippen LogP contribution < -0.4 is 5.32 Å². The summed E-state index contributed by atoms with van der Waals surface area (Å²) in [6.45, 7) is 4.49. The molecule has 0 bridgehead atoms. The minimum atomic E-state index is -3.60. The molecule has 1 fully saturated rings. The second-order valence-electron chi connectivity index (χ2n) is 6.62. The standard InChI is InChI=1S/C17H27N3O5S/c1-4-7-13(2)18-16(21)12-25-17(22)15-10-14(11-19(15)3)26(23,24)20-8-5-6-9-20/h10-11,13H,4-9,12H2,1-3H3,(H,18,21)/t13-/m1/s1. The Morgan fingerprint density at radius 3 is 2.58 bits per heavy atom. The summed E-state index contributed by atoms with van der Waals surface area (Å²) in [5, 5.41) is 2.74. The fraction of sp³-hybridized carbons (Fsp3) is 0.647. The molecule has 1 atom stereocenters. The summed E-state index contributed by atoms with van der Waals surface area (Å²) >= 11 is 0. The molecule has 0 aromatic carbocycles. The van der Waals surface area contributed by atoms with Gasteiger partial charge in [0.2, 0.25) is 10.0 Å². The van der Waals surface area contributed by atoms with Crippen LogP contribution in [0.5, 0.6) is 0 Å². The molecule has 2 heterocycles. The molecule has 1 saturated heterocycles. The Labute approximate surface area is 154 Å². The molecule has 0 aliphatic carbocycles. The maximum Gasteiger partial charge on any atom is 0.355 e. The number of hydrogen-bond acceptors (Lipinski definition) is 5. The molecule has 1 aliphatic heterocycles. The zero-order valence-electron chi connectivity index (χ0n) is 15.5. The van der Waals surface area contributed by atoms with Crippen LogP contribution in [0.15, 0.2) is 17.2 Å². The van der Waals surface area contributed by atoms with Crippen molar-refractivity contribution in [1.29, 1.82) is 0 Å². The van der Waals surface area contributed by atoms with Gasteiger partial charge in [-0.3, -0.25) is 4.79 Å². The van der Waals surface area contributed by atoms with Gasteiger partial charge in [0.05, 0.1) is 0 Å². The first-order valence-electron chi connectivity index (χ1n) is 8.88. The van der Waals surface area contributed by atoms with Crippen molar-refractivity contribution in [3.63, 3.8) is 0 Å². The monoisotopic (exact) mass is 385 g/mol. The maximum absolute atomic E-state index is 12.6. The Morgan fingerprint density at radius 1 is 1.31 bits per heavy atom. The molecule has 1 amide bonds. The number of ether oxygens (including phenoxy) is 1. The average molecular weight is 385 g/mol. The van der Waals surface area contributed by atoms with Gasteiger partial charge in [-0.1, -0.05) is 13.3 Å². The number of amides is 1. The Bertz CT molecular complexity index is 750. The van der Waals surface area contributed by atoms with E-state index < -0.39 is 22.6 Å². The molecule has 9 heteroatoms. The van der Waals surface area contributed by atoms with E-state index in [0.29, 0.717) is 13.1 Å². The molecule has 1 aliphatic rings. The maximum atomic E-state index is 12.6. The van der Waals surface area contributed by atoms with Crippen LogP contribution in [0.3, 0.4) is 0 Å². The normalized spacial score (nSPS) is 16.4. The number of sulfonamides is 1. The molecule has 1 aromatic rings. The zero-order valence-corrected chi connectivity index (χ0v) is 16.3. The van der Waals surface area contributed by atoms with E-state index in [4.69, 9.17) is 4.74 Å². The number of hydrogen-bond donors (Lipinski definition) is 1. The van der Waals surface area contributed by atoms with Gasteiger partial charge in [-0.2, -0.15) is 4.31 Å². The third-order valence-electron chi connectivity index (χ3n) is 4.36. The Morgan fingerprint density at radius 2 is 1.96 bits per heavy atom. The topological polar surface area (TPSA) is 97.7 Å². The van der Waals surface area contributed by atoms with Gasteiger partial charge >= 0.3 is 5.97 Å². The van der Waals surface area contributed by atoms with Gasteiger partial charge in [0.1, 0.15) is 10.6 Å². The summed E-state index contributed by atoms with van der Waals surface area (Å²) < 4.78 is 33.0. The molecule has 0 spiro atoms. The predicted octanol–water partition coefficient (Wildman–Crippen LogP) is 1.27. The van der Waals surface area contributed by atoms with E-state index in [9.17, 15) is 18.0 Å². The van der Waals surface area contributed by atoms with Crippen molar-refractivity contribution in [1.82, 2.24) is 14.2 Å². The van der Waals surface area contributed by atoms with Gasteiger partial charge in [-0.15, -0.1) is 0 Å². The zero-order chi connectivity index (χ0) is 19.3. The first-order chi connectivity index (χ1) is 12.3. The highest BCUT2D eigenvalue weighted by molar-refractivity contribution is 7.89. The third kappa shape index (κ3) is 4.85. The first kappa shape index (κ1) is 20.4. The van der Waals surface area contributed by atoms with Crippen molar-refractivity contribution in [2.24, 2.45) is 7.05 Å². The lowest BCUT2D eigenvalue weighted by molar-refractivity contribution is -0.124. The molecule has 8 nitrogen and oxygen atoms in total. The fourth-order valence-corrected chi connectivity index (χ4v) is 4.57. The van der Waals surface area contributed by atoms with E-state index in [1.807, 2.05) is 13.8 Å². The van der Waals surface area contributed by atoms with Gasteiger partial charge in [0.15, 0.2) is 6.61 Å². The summed E-state index contributed by atoms with van der Waals surface area (Å²) in [4.78, 5) is 24.1. The summed E-state index contributed by atoms with van der Waals surface area (Å²) in [5.74, 6) is -1.10. The lowest BCUT2D eigenvalue weighted by Gasteiger charge is -2.13. The van der Waals surface area contributed by atoms with Gasteiger partial charge in [0.25, 0.3) is 5.91 Å². The number of carbonyl (C=O) groups is 2. The van der Waals surface area contributed by atoms with Crippen LogP contribution in [0.2, 0.25) is 0 Å². The van der Waals surface area contributed by atoms with Crippen molar-refractivity contribution < 1.29 is 22.7 Å². The van der Waals surface area contributed by atoms with Crippen LogP contribution in [0.4, 0.5) is 0 Å². The first-order valence-corrected chi connectivity index (χ1v) is 10.3. The van der Waals surface area contributed by atoms with E-state index in [-0.39, 0.29) is 22.5 Å². The minimum absolute atomic E-state index is 0.0124. The van der Waals surface area contributed by atoms with Crippen LogP contribution in [0.1, 0.15) is 50.0 Å². The number of rotatable bonds is 8. The number of aryl methyl sites for hydroxylation is 1. The van der Waals surface area contributed by atoms with Crippen LogP contribution in [0.25, 0.3) is 0 Å². The number of nitrogens with one attached hydrogen (secondary N) is 1. The van der Waals surface area contributed by atoms with E-state index in [2.05, 4.69) is 5.32 Å². The summed E-state index contributed by atoms with van der Waals surface area (Å²) in [6, 6.07) is 1.31. The molecular weight excluding hydrogens is 358 g/mol. The van der Waals surface area contributed by atoms with Crippen LogP contribution in [-0.2, 0) is 26.6 Å². The second-order valence-corrected chi connectivity index (χ2v) is 8.55. The van der Waals surface area contributed by atoms with E-state index in [1.165, 1.54) is 21.1 Å².